The Balaban J connectivity index is 2.69. The second-order valence-corrected chi connectivity index (χ2v) is 4.90. The van der Waals surface area contributed by atoms with E-state index in [2.05, 4.69) is 0 Å². The monoisotopic (exact) mass is 268 g/mol. The van der Waals surface area contributed by atoms with Gasteiger partial charge in [0.25, 0.3) is 0 Å². The van der Waals surface area contributed by atoms with Crippen LogP contribution in [0.3, 0.4) is 0 Å². The van der Waals surface area contributed by atoms with Gasteiger partial charge in [0.1, 0.15) is 0 Å². The Hall–Kier alpha value is -1.06. The molecule has 1 amide bonds. The van der Waals surface area contributed by atoms with Gasteiger partial charge in [0.15, 0.2) is 0 Å². The van der Waals surface area contributed by atoms with Gasteiger partial charge in [0.2, 0.25) is 5.91 Å². The molecule has 1 aromatic rings. The first kappa shape index (κ1) is 15.0. The lowest BCUT2D eigenvalue weighted by Crippen LogP contribution is -2.35. The van der Waals surface area contributed by atoms with Crippen molar-refractivity contribution in [3.8, 4) is 0 Å². The molecule has 4 heteroatoms. The molecule has 0 spiro atoms. The lowest BCUT2D eigenvalue weighted by Gasteiger charge is -2.24. The molecule has 3 nitrogen and oxygen atoms in total. The zero-order valence-corrected chi connectivity index (χ0v) is 11.8. The number of carbonyl (C=O) groups is 1. The van der Waals surface area contributed by atoms with Crippen LogP contribution in [0.1, 0.15) is 25.8 Å². The first-order valence-electron chi connectivity index (χ1n) is 6.31. The summed E-state index contributed by atoms with van der Waals surface area (Å²) in [7, 11) is 0. The van der Waals surface area contributed by atoms with E-state index in [1.165, 1.54) is 0 Å². The third-order valence-electron chi connectivity index (χ3n) is 2.98. The van der Waals surface area contributed by atoms with Crippen molar-refractivity contribution < 1.29 is 4.79 Å². The van der Waals surface area contributed by atoms with Crippen LogP contribution >= 0.6 is 11.6 Å². The molecular weight excluding hydrogens is 248 g/mol. The fourth-order valence-corrected chi connectivity index (χ4v) is 2.10. The molecule has 100 valence electrons. The van der Waals surface area contributed by atoms with Gasteiger partial charge in [-0.3, -0.25) is 4.79 Å². The van der Waals surface area contributed by atoms with Crippen molar-refractivity contribution in [1.29, 1.82) is 0 Å². The van der Waals surface area contributed by atoms with Crippen LogP contribution in [-0.4, -0.2) is 23.9 Å². The van der Waals surface area contributed by atoms with Crippen molar-refractivity contribution in [3.63, 3.8) is 0 Å². The van der Waals surface area contributed by atoms with E-state index in [0.29, 0.717) is 24.7 Å². The number of hydrogen-bond donors (Lipinski definition) is 1. The molecule has 0 aromatic heterocycles. The van der Waals surface area contributed by atoms with E-state index >= 15 is 0 Å². The molecule has 1 aromatic carbocycles. The van der Waals surface area contributed by atoms with Gasteiger partial charge in [-0.2, -0.15) is 0 Å². The SMILES string of the molecule is CCN(Cc1cccc(Cl)c1)C(=O)C(C)CCN. The summed E-state index contributed by atoms with van der Waals surface area (Å²) in [5.74, 6) is 0.136. The zero-order chi connectivity index (χ0) is 13.5. The first-order valence-corrected chi connectivity index (χ1v) is 6.69. The zero-order valence-electron chi connectivity index (χ0n) is 11.0. The van der Waals surface area contributed by atoms with Crippen molar-refractivity contribution >= 4 is 17.5 Å². The molecule has 0 bridgehead atoms. The standard InChI is InChI=1S/C14H21ClN2O/c1-3-17(14(18)11(2)7-8-16)10-12-5-4-6-13(15)9-12/h4-6,9,11H,3,7-8,10,16H2,1-2H3. The maximum Gasteiger partial charge on any atom is 0.225 e. The Morgan fingerprint density at radius 2 is 2.22 bits per heavy atom. The molecule has 18 heavy (non-hydrogen) atoms. The largest absolute Gasteiger partial charge is 0.338 e. The minimum atomic E-state index is -0.0193. The van der Waals surface area contributed by atoms with Gasteiger partial charge in [-0.05, 0) is 37.6 Å². The van der Waals surface area contributed by atoms with E-state index in [9.17, 15) is 4.79 Å². The average molecular weight is 269 g/mol. The van der Waals surface area contributed by atoms with Crippen molar-refractivity contribution in [2.24, 2.45) is 11.7 Å². The second-order valence-electron chi connectivity index (χ2n) is 4.46. The van der Waals surface area contributed by atoms with Crippen molar-refractivity contribution in [2.75, 3.05) is 13.1 Å². The van der Waals surface area contributed by atoms with E-state index in [1.807, 2.05) is 43.0 Å². The summed E-state index contributed by atoms with van der Waals surface area (Å²) >= 11 is 5.94. The van der Waals surface area contributed by atoms with Crippen LogP contribution in [0.25, 0.3) is 0 Å². The maximum atomic E-state index is 12.2. The third-order valence-corrected chi connectivity index (χ3v) is 3.21. The number of nitrogens with zero attached hydrogens (tertiary/aromatic N) is 1. The number of benzene rings is 1. The molecule has 1 atom stereocenters. The minimum absolute atomic E-state index is 0.0193. The highest BCUT2D eigenvalue weighted by Crippen LogP contribution is 2.15. The van der Waals surface area contributed by atoms with Gasteiger partial charge in [0.05, 0.1) is 0 Å². The summed E-state index contributed by atoms with van der Waals surface area (Å²) in [6.07, 6.45) is 0.727. The van der Waals surface area contributed by atoms with Gasteiger partial charge < -0.3 is 10.6 Å². The third kappa shape index (κ3) is 4.31. The summed E-state index contributed by atoms with van der Waals surface area (Å²) < 4.78 is 0. The lowest BCUT2D eigenvalue weighted by molar-refractivity contribution is -0.135. The Morgan fingerprint density at radius 1 is 1.50 bits per heavy atom. The predicted molar refractivity (Wildman–Crippen MR) is 75.4 cm³/mol. The van der Waals surface area contributed by atoms with Crippen LogP contribution in [0.4, 0.5) is 0 Å². The number of carbonyl (C=O) groups excluding carboxylic acids is 1. The summed E-state index contributed by atoms with van der Waals surface area (Å²) in [4.78, 5) is 14.0. The number of amides is 1. The molecule has 0 radical (unpaired) electrons. The first-order chi connectivity index (χ1) is 8.58. The second kappa shape index (κ2) is 7.39. The summed E-state index contributed by atoms with van der Waals surface area (Å²) in [6.45, 7) is 5.75. The van der Waals surface area contributed by atoms with E-state index in [1.54, 1.807) is 0 Å². The van der Waals surface area contributed by atoms with E-state index in [4.69, 9.17) is 17.3 Å². The van der Waals surface area contributed by atoms with Gasteiger partial charge >= 0.3 is 0 Å². The molecule has 0 saturated carbocycles. The van der Waals surface area contributed by atoms with Crippen LogP contribution in [0.15, 0.2) is 24.3 Å². The Morgan fingerprint density at radius 3 is 2.78 bits per heavy atom. The van der Waals surface area contributed by atoms with Crippen molar-refractivity contribution in [1.82, 2.24) is 4.90 Å². The normalized spacial score (nSPS) is 12.2. The summed E-state index contributed by atoms with van der Waals surface area (Å²) in [6, 6.07) is 7.61. The number of rotatable bonds is 6. The van der Waals surface area contributed by atoms with Crippen LogP contribution in [0.2, 0.25) is 5.02 Å². The van der Waals surface area contributed by atoms with E-state index in [-0.39, 0.29) is 11.8 Å². The molecule has 1 rings (SSSR count). The van der Waals surface area contributed by atoms with E-state index in [0.717, 1.165) is 12.0 Å². The smallest absolute Gasteiger partial charge is 0.225 e. The fourth-order valence-electron chi connectivity index (χ4n) is 1.89. The van der Waals surface area contributed by atoms with Crippen LogP contribution in [-0.2, 0) is 11.3 Å². The summed E-state index contributed by atoms with van der Waals surface area (Å²) in [5, 5.41) is 0.700. The molecule has 0 heterocycles. The quantitative estimate of drug-likeness (QED) is 0.862. The molecule has 0 aliphatic heterocycles. The van der Waals surface area contributed by atoms with E-state index < -0.39 is 0 Å². The van der Waals surface area contributed by atoms with Crippen molar-refractivity contribution in [3.05, 3.63) is 34.9 Å². The Labute approximate surface area is 114 Å². The molecule has 1 unspecified atom stereocenters. The highest BCUT2D eigenvalue weighted by Gasteiger charge is 2.18. The number of nitrogens with two attached hydrogens (primary N) is 1. The van der Waals surface area contributed by atoms with Crippen LogP contribution < -0.4 is 5.73 Å². The molecule has 0 saturated heterocycles. The molecule has 0 aliphatic rings. The van der Waals surface area contributed by atoms with Gasteiger partial charge in [-0.15, -0.1) is 0 Å². The minimum Gasteiger partial charge on any atom is -0.338 e. The number of halogens is 1. The van der Waals surface area contributed by atoms with Crippen LogP contribution in [0, 0.1) is 5.92 Å². The topological polar surface area (TPSA) is 46.3 Å². The average Bonchev–Trinajstić information content (AvgIpc) is 2.35. The van der Waals surface area contributed by atoms with Crippen LogP contribution in [0.5, 0.6) is 0 Å². The fraction of sp³-hybridized carbons (Fsp3) is 0.500. The molecule has 0 fully saturated rings. The Kier molecular flexibility index (Phi) is 6.16. The Bertz CT molecular complexity index is 395. The highest BCUT2D eigenvalue weighted by atomic mass is 35.5. The van der Waals surface area contributed by atoms with Gasteiger partial charge in [0, 0.05) is 24.0 Å². The molecular formula is C14H21ClN2O. The summed E-state index contributed by atoms with van der Waals surface area (Å²) in [5.41, 5.74) is 6.55. The predicted octanol–water partition coefficient (Wildman–Crippen LogP) is 2.67. The molecule has 0 aliphatic carbocycles. The molecule has 2 N–H and O–H groups in total. The van der Waals surface area contributed by atoms with Gasteiger partial charge in [-0.25, -0.2) is 0 Å². The maximum absolute atomic E-state index is 12.2. The lowest BCUT2D eigenvalue weighted by atomic mass is 10.1. The van der Waals surface area contributed by atoms with Gasteiger partial charge in [-0.1, -0.05) is 30.7 Å². The highest BCUT2D eigenvalue weighted by molar-refractivity contribution is 6.30. The van der Waals surface area contributed by atoms with Crippen molar-refractivity contribution in [2.45, 2.75) is 26.8 Å². The number of hydrogen-bond acceptors (Lipinski definition) is 2.